The van der Waals surface area contributed by atoms with Crippen LogP contribution in [0.15, 0.2) is 60.0 Å². The molecular formula is C21H15Cl2NO4S. The molecule has 0 radical (unpaired) electrons. The first kappa shape index (κ1) is 21.0. The Bertz CT molecular complexity index is 1070. The van der Waals surface area contributed by atoms with Gasteiger partial charge in [-0.15, -0.1) is 11.3 Å². The molecule has 1 amide bonds. The van der Waals surface area contributed by atoms with Crippen LogP contribution in [-0.4, -0.2) is 31.3 Å². The van der Waals surface area contributed by atoms with Crippen molar-refractivity contribution in [3.05, 3.63) is 86.0 Å². The number of para-hydroxylation sites is 1. The van der Waals surface area contributed by atoms with Crippen molar-refractivity contribution in [1.29, 1.82) is 0 Å². The van der Waals surface area contributed by atoms with Crippen molar-refractivity contribution in [2.75, 3.05) is 18.6 Å². The number of anilines is 1. The Morgan fingerprint density at radius 1 is 1.00 bits per heavy atom. The molecule has 0 saturated carbocycles. The number of ether oxygens (including phenoxy) is 1. The van der Waals surface area contributed by atoms with Crippen LogP contribution >= 0.6 is 34.5 Å². The normalized spacial score (nSPS) is 10.4. The molecule has 0 aliphatic carbocycles. The summed E-state index contributed by atoms with van der Waals surface area (Å²) in [5, 5.41) is 2.38. The Morgan fingerprint density at radius 3 is 2.45 bits per heavy atom. The van der Waals surface area contributed by atoms with Crippen molar-refractivity contribution in [1.82, 2.24) is 0 Å². The van der Waals surface area contributed by atoms with Crippen molar-refractivity contribution < 1.29 is 19.1 Å². The van der Waals surface area contributed by atoms with Gasteiger partial charge in [0.15, 0.2) is 6.61 Å². The molecule has 0 N–H and O–H groups in total. The first-order valence-corrected chi connectivity index (χ1v) is 10.1. The third-order valence-corrected chi connectivity index (χ3v) is 5.49. The Morgan fingerprint density at radius 2 is 1.76 bits per heavy atom. The van der Waals surface area contributed by atoms with E-state index in [0.29, 0.717) is 15.6 Å². The van der Waals surface area contributed by atoms with Gasteiger partial charge in [-0.1, -0.05) is 41.4 Å². The lowest BCUT2D eigenvalue weighted by Crippen LogP contribution is -2.27. The van der Waals surface area contributed by atoms with Gasteiger partial charge in [-0.3, -0.25) is 9.59 Å². The van der Waals surface area contributed by atoms with Gasteiger partial charge in [0.1, 0.15) is 0 Å². The summed E-state index contributed by atoms with van der Waals surface area (Å²) in [4.78, 5) is 39.4. The van der Waals surface area contributed by atoms with E-state index < -0.39 is 18.4 Å². The fourth-order valence-electron chi connectivity index (χ4n) is 2.62. The molecule has 0 fully saturated rings. The van der Waals surface area contributed by atoms with Gasteiger partial charge in [-0.2, -0.15) is 0 Å². The molecule has 2 aromatic carbocycles. The van der Waals surface area contributed by atoms with Crippen molar-refractivity contribution in [3.63, 3.8) is 0 Å². The Hall–Kier alpha value is -2.67. The molecule has 1 heterocycles. The monoisotopic (exact) mass is 447 g/mol. The fraction of sp³-hybridized carbons (Fsp3) is 0.0952. The van der Waals surface area contributed by atoms with Gasteiger partial charge in [0, 0.05) is 17.6 Å². The summed E-state index contributed by atoms with van der Waals surface area (Å²) in [6.45, 7) is -0.489. The largest absolute Gasteiger partial charge is 0.454 e. The third kappa shape index (κ3) is 4.85. The molecule has 0 aliphatic heterocycles. The van der Waals surface area contributed by atoms with Crippen LogP contribution in [0, 0.1) is 0 Å². The number of halogens is 2. The molecule has 3 rings (SSSR count). The molecule has 148 valence electrons. The zero-order valence-corrected chi connectivity index (χ0v) is 17.6. The second kappa shape index (κ2) is 9.22. The first-order valence-electron chi connectivity index (χ1n) is 8.44. The molecule has 3 aromatic rings. The lowest BCUT2D eigenvalue weighted by atomic mass is 10.1. The summed E-state index contributed by atoms with van der Waals surface area (Å²) in [5.74, 6) is -1.42. The summed E-state index contributed by atoms with van der Waals surface area (Å²) >= 11 is 13.2. The van der Waals surface area contributed by atoms with E-state index in [2.05, 4.69) is 0 Å². The number of thiophene rings is 1. The first-order chi connectivity index (χ1) is 13.9. The van der Waals surface area contributed by atoms with E-state index in [9.17, 15) is 14.4 Å². The summed E-state index contributed by atoms with van der Waals surface area (Å²) in [6, 6.07) is 14.5. The second-order valence-electron chi connectivity index (χ2n) is 5.98. The van der Waals surface area contributed by atoms with E-state index in [1.54, 1.807) is 42.8 Å². The predicted molar refractivity (Wildman–Crippen MR) is 115 cm³/mol. The number of Topliss-reactive ketones (excluding diaryl/α,β-unsaturated/α-hetero) is 1. The Kier molecular flexibility index (Phi) is 6.69. The van der Waals surface area contributed by atoms with E-state index in [1.165, 1.54) is 40.5 Å². The van der Waals surface area contributed by atoms with Crippen LogP contribution < -0.4 is 4.90 Å². The SMILES string of the molecule is CN(C(=O)c1cccs1)c1ccccc1C(=O)OCC(=O)c1ccc(Cl)cc1Cl. The Labute approximate surface area is 181 Å². The highest BCUT2D eigenvalue weighted by atomic mass is 35.5. The maximum absolute atomic E-state index is 12.6. The summed E-state index contributed by atoms with van der Waals surface area (Å²) in [5.41, 5.74) is 0.768. The highest BCUT2D eigenvalue weighted by molar-refractivity contribution is 7.12. The number of benzene rings is 2. The fourth-order valence-corrected chi connectivity index (χ4v) is 3.83. The van der Waals surface area contributed by atoms with E-state index >= 15 is 0 Å². The summed E-state index contributed by atoms with van der Waals surface area (Å²) in [6.07, 6.45) is 0. The van der Waals surface area contributed by atoms with Gasteiger partial charge in [0.25, 0.3) is 5.91 Å². The zero-order valence-electron chi connectivity index (χ0n) is 15.2. The van der Waals surface area contributed by atoms with E-state index in [4.69, 9.17) is 27.9 Å². The summed E-state index contributed by atoms with van der Waals surface area (Å²) in [7, 11) is 1.58. The van der Waals surface area contributed by atoms with Crippen LogP contribution in [0.3, 0.4) is 0 Å². The molecule has 1 aromatic heterocycles. The molecule has 0 atom stereocenters. The van der Waals surface area contributed by atoms with E-state index in [1.807, 2.05) is 0 Å². The molecule has 29 heavy (non-hydrogen) atoms. The zero-order chi connectivity index (χ0) is 21.0. The summed E-state index contributed by atoms with van der Waals surface area (Å²) < 4.78 is 5.18. The number of nitrogens with zero attached hydrogens (tertiary/aromatic N) is 1. The molecule has 0 aliphatic rings. The molecule has 0 unspecified atom stereocenters. The minimum absolute atomic E-state index is 0.176. The maximum Gasteiger partial charge on any atom is 0.340 e. The van der Waals surface area contributed by atoms with Crippen LogP contribution in [0.4, 0.5) is 5.69 Å². The average Bonchev–Trinajstić information content (AvgIpc) is 3.25. The molecular weight excluding hydrogens is 433 g/mol. The van der Waals surface area contributed by atoms with Gasteiger partial charge in [0.05, 0.1) is 21.2 Å². The van der Waals surface area contributed by atoms with E-state index in [0.717, 1.165) is 0 Å². The third-order valence-electron chi connectivity index (χ3n) is 4.09. The van der Waals surface area contributed by atoms with Crippen molar-refractivity contribution in [2.45, 2.75) is 0 Å². The van der Waals surface area contributed by atoms with Crippen molar-refractivity contribution in [3.8, 4) is 0 Å². The molecule has 5 nitrogen and oxygen atoms in total. The topological polar surface area (TPSA) is 63.7 Å². The average molecular weight is 448 g/mol. The number of ketones is 1. The number of carbonyl (C=O) groups is 3. The Balaban J connectivity index is 1.74. The van der Waals surface area contributed by atoms with Crippen molar-refractivity contribution in [2.24, 2.45) is 0 Å². The van der Waals surface area contributed by atoms with Gasteiger partial charge in [-0.25, -0.2) is 4.79 Å². The van der Waals surface area contributed by atoms with Crippen LogP contribution in [0.2, 0.25) is 10.0 Å². The molecule has 0 saturated heterocycles. The maximum atomic E-state index is 12.6. The molecule has 0 bridgehead atoms. The number of hydrogen-bond donors (Lipinski definition) is 0. The quantitative estimate of drug-likeness (QED) is 0.376. The number of carbonyl (C=O) groups excluding carboxylic acids is 3. The highest BCUT2D eigenvalue weighted by Crippen LogP contribution is 2.24. The van der Waals surface area contributed by atoms with E-state index in [-0.39, 0.29) is 22.1 Å². The molecule has 8 heteroatoms. The van der Waals surface area contributed by atoms with Gasteiger partial charge >= 0.3 is 5.97 Å². The predicted octanol–water partition coefficient (Wildman–Crippen LogP) is 5.37. The minimum Gasteiger partial charge on any atom is -0.454 e. The minimum atomic E-state index is -0.718. The smallest absolute Gasteiger partial charge is 0.340 e. The van der Waals surface area contributed by atoms with Crippen LogP contribution in [0.1, 0.15) is 30.4 Å². The van der Waals surface area contributed by atoms with Crippen LogP contribution in [0.5, 0.6) is 0 Å². The van der Waals surface area contributed by atoms with Gasteiger partial charge in [-0.05, 0) is 41.8 Å². The second-order valence-corrected chi connectivity index (χ2v) is 7.77. The standard InChI is InChI=1S/C21H15Cl2NO4S/c1-24(20(26)19-7-4-10-29-19)17-6-3-2-5-15(17)21(27)28-12-18(25)14-9-8-13(22)11-16(14)23/h2-11H,12H2,1H3. The van der Waals surface area contributed by atoms with Gasteiger partial charge in [0.2, 0.25) is 5.78 Å². The number of amides is 1. The lowest BCUT2D eigenvalue weighted by Gasteiger charge is -2.19. The molecule has 0 spiro atoms. The number of hydrogen-bond acceptors (Lipinski definition) is 5. The highest BCUT2D eigenvalue weighted by Gasteiger charge is 2.22. The van der Waals surface area contributed by atoms with Crippen LogP contribution in [0.25, 0.3) is 0 Å². The lowest BCUT2D eigenvalue weighted by molar-refractivity contribution is 0.0475. The van der Waals surface area contributed by atoms with Crippen molar-refractivity contribution >= 4 is 57.9 Å². The van der Waals surface area contributed by atoms with Gasteiger partial charge < -0.3 is 9.64 Å². The van der Waals surface area contributed by atoms with Crippen LogP contribution in [-0.2, 0) is 4.74 Å². The number of esters is 1. The number of rotatable bonds is 6.